The molecule has 1 aromatic heterocycles. The predicted molar refractivity (Wildman–Crippen MR) is 114 cm³/mol. The maximum atomic E-state index is 12.7. The van der Waals surface area contributed by atoms with Crippen molar-refractivity contribution >= 4 is 17.6 Å². The van der Waals surface area contributed by atoms with E-state index in [2.05, 4.69) is 26.1 Å². The number of nitrogens with one attached hydrogen (secondary N) is 1. The molecule has 0 radical (unpaired) electrons. The van der Waals surface area contributed by atoms with Gasteiger partial charge in [0.1, 0.15) is 5.82 Å². The monoisotopic (exact) mass is 400 g/mol. The van der Waals surface area contributed by atoms with Crippen LogP contribution >= 0.6 is 0 Å². The summed E-state index contributed by atoms with van der Waals surface area (Å²) in [6.07, 6.45) is 0.340. The lowest BCUT2D eigenvalue weighted by molar-refractivity contribution is -0.135. The third kappa shape index (κ3) is 5.90. The number of methoxy groups -OCH3 is 1. The molecule has 29 heavy (non-hydrogen) atoms. The zero-order chi connectivity index (χ0) is 21.6. The quantitative estimate of drug-likeness (QED) is 0.738. The summed E-state index contributed by atoms with van der Waals surface area (Å²) >= 11 is 0. The van der Waals surface area contributed by atoms with E-state index in [1.807, 2.05) is 37.3 Å². The molecule has 1 N–H and O–H groups in total. The molecule has 0 aliphatic carbocycles. The standard InChI is InChI=1S/C22H32N4O3/c1-7-21(28)25(12-13-29-6)15-20(27)23-19-14-18(22(3,4)5)24-26(19)17-11-9-8-10-16(17)2/h8-11,14H,7,12-13,15H2,1-6H3,(H,23,27). The SMILES string of the molecule is CCC(=O)N(CCOC)CC(=O)Nc1cc(C(C)(C)C)nn1-c1ccccc1C. The van der Waals surface area contributed by atoms with Gasteiger partial charge in [-0.3, -0.25) is 9.59 Å². The number of nitrogens with zero attached hydrogens (tertiary/aromatic N) is 3. The highest BCUT2D eigenvalue weighted by molar-refractivity contribution is 5.94. The molecule has 0 aliphatic heterocycles. The summed E-state index contributed by atoms with van der Waals surface area (Å²) in [5.41, 5.74) is 2.65. The van der Waals surface area contributed by atoms with Crippen LogP contribution in [0.5, 0.6) is 0 Å². The first-order valence-corrected chi connectivity index (χ1v) is 9.90. The van der Waals surface area contributed by atoms with Gasteiger partial charge in [-0.2, -0.15) is 5.10 Å². The van der Waals surface area contributed by atoms with Gasteiger partial charge in [0, 0.05) is 31.6 Å². The van der Waals surface area contributed by atoms with Crippen molar-refractivity contribution in [1.29, 1.82) is 0 Å². The number of carbonyl (C=O) groups is 2. The van der Waals surface area contributed by atoms with Crippen molar-refractivity contribution in [1.82, 2.24) is 14.7 Å². The number of amides is 2. The molecule has 0 spiro atoms. The highest BCUT2D eigenvalue weighted by Crippen LogP contribution is 2.27. The number of rotatable bonds is 8. The molecular weight excluding hydrogens is 368 g/mol. The first-order chi connectivity index (χ1) is 13.7. The zero-order valence-corrected chi connectivity index (χ0v) is 18.3. The van der Waals surface area contributed by atoms with E-state index in [0.717, 1.165) is 16.9 Å². The van der Waals surface area contributed by atoms with Crippen molar-refractivity contribution in [2.75, 3.05) is 32.1 Å². The second-order valence-electron chi connectivity index (χ2n) is 8.07. The molecule has 1 heterocycles. The Kier molecular flexibility index (Phi) is 7.56. The normalized spacial score (nSPS) is 11.4. The summed E-state index contributed by atoms with van der Waals surface area (Å²) in [5.74, 6) is 0.239. The van der Waals surface area contributed by atoms with Crippen LogP contribution in [0.2, 0.25) is 0 Å². The van der Waals surface area contributed by atoms with Gasteiger partial charge >= 0.3 is 0 Å². The molecule has 2 amide bonds. The molecule has 0 aliphatic rings. The van der Waals surface area contributed by atoms with Crippen LogP contribution in [0.25, 0.3) is 5.69 Å². The largest absolute Gasteiger partial charge is 0.383 e. The van der Waals surface area contributed by atoms with Crippen molar-refractivity contribution in [2.24, 2.45) is 0 Å². The van der Waals surface area contributed by atoms with E-state index < -0.39 is 0 Å². The van der Waals surface area contributed by atoms with Crippen molar-refractivity contribution in [2.45, 2.75) is 46.5 Å². The summed E-state index contributed by atoms with van der Waals surface area (Å²) < 4.78 is 6.82. The van der Waals surface area contributed by atoms with Crippen molar-refractivity contribution in [3.8, 4) is 5.69 Å². The topological polar surface area (TPSA) is 76.5 Å². The fraction of sp³-hybridized carbons (Fsp3) is 0.500. The average molecular weight is 401 g/mol. The van der Waals surface area contributed by atoms with Gasteiger partial charge in [0.05, 0.1) is 24.5 Å². The van der Waals surface area contributed by atoms with E-state index in [9.17, 15) is 9.59 Å². The van der Waals surface area contributed by atoms with Crippen LogP contribution < -0.4 is 5.32 Å². The molecule has 2 aromatic rings. The van der Waals surface area contributed by atoms with Crippen LogP contribution in [-0.2, 0) is 19.7 Å². The lowest BCUT2D eigenvalue weighted by Gasteiger charge is -2.21. The highest BCUT2D eigenvalue weighted by atomic mass is 16.5. The third-order valence-electron chi connectivity index (χ3n) is 4.64. The Morgan fingerprint density at radius 2 is 1.93 bits per heavy atom. The first kappa shape index (κ1) is 22.6. The van der Waals surface area contributed by atoms with Crippen molar-refractivity contribution in [3.05, 3.63) is 41.6 Å². The molecule has 0 unspecified atom stereocenters. The van der Waals surface area contributed by atoms with Gasteiger partial charge in [0.2, 0.25) is 11.8 Å². The van der Waals surface area contributed by atoms with Gasteiger partial charge in [-0.1, -0.05) is 45.9 Å². The second-order valence-corrected chi connectivity index (χ2v) is 8.07. The van der Waals surface area contributed by atoms with E-state index in [1.54, 1.807) is 18.7 Å². The number of benzene rings is 1. The van der Waals surface area contributed by atoms with E-state index in [1.165, 1.54) is 4.90 Å². The van der Waals surface area contributed by atoms with Gasteiger partial charge in [-0.15, -0.1) is 0 Å². The molecule has 158 valence electrons. The number of anilines is 1. The van der Waals surface area contributed by atoms with Crippen LogP contribution in [0.1, 0.15) is 45.4 Å². The maximum absolute atomic E-state index is 12.7. The van der Waals surface area contributed by atoms with E-state index in [-0.39, 0.29) is 23.8 Å². The summed E-state index contributed by atoms with van der Waals surface area (Å²) in [6.45, 7) is 10.8. The molecule has 0 atom stereocenters. The van der Waals surface area contributed by atoms with Crippen LogP contribution in [0.15, 0.2) is 30.3 Å². The molecule has 0 bridgehead atoms. The fourth-order valence-corrected chi connectivity index (χ4v) is 2.89. The molecule has 1 aromatic carbocycles. The average Bonchev–Trinajstić information content (AvgIpc) is 3.08. The van der Waals surface area contributed by atoms with Crippen LogP contribution in [-0.4, -0.2) is 53.3 Å². The number of aromatic nitrogens is 2. The lowest BCUT2D eigenvalue weighted by Crippen LogP contribution is -2.39. The van der Waals surface area contributed by atoms with Gasteiger partial charge < -0.3 is 15.0 Å². The summed E-state index contributed by atoms with van der Waals surface area (Å²) in [6, 6.07) is 9.78. The summed E-state index contributed by atoms with van der Waals surface area (Å²) in [7, 11) is 1.57. The number of hydrogen-bond acceptors (Lipinski definition) is 4. The predicted octanol–water partition coefficient (Wildman–Crippen LogP) is 3.30. The molecule has 7 nitrogen and oxygen atoms in total. The molecule has 2 rings (SSSR count). The van der Waals surface area contributed by atoms with Crippen LogP contribution in [0, 0.1) is 6.92 Å². The minimum Gasteiger partial charge on any atom is -0.383 e. The number of ether oxygens (including phenoxy) is 1. The van der Waals surface area contributed by atoms with Gasteiger partial charge in [-0.25, -0.2) is 4.68 Å². The Hall–Kier alpha value is -2.67. The number of aryl methyl sites for hydroxylation is 1. The first-order valence-electron chi connectivity index (χ1n) is 9.90. The van der Waals surface area contributed by atoms with E-state index >= 15 is 0 Å². The van der Waals surface area contributed by atoms with Gasteiger partial charge in [0.25, 0.3) is 0 Å². The zero-order valence-electron chi connectivity index (χ0n) is 18.3. The van der Waals surface area contributed by atoms with E-state index in [4.69, 9.17) is 9.84 Å². The van der Waals surface area contributed by atoms with Crippen LogP contribution in [0.3, 0.4) is 0 Å². The third-order valence-corrected chi connectivity index (χ3v) is 4.64. The summed E-state index contributed by atoms with van der Waals surface area (Å²) in [4.78, 5) is 26.4. The Bertz CT molecular complexity index is 852. The Morgan fingerprint density at radius 1 is 1.24 bits per heavy atom. The molecule has 7 heteroatoms. The van der Waals surface area contributed by atoms with Gasteiger partial charge in [0.15, 0.2) is 0 Å². The van der Waals surface area contributed by atoms with Gasteiger partial charge in [-0.05, 0) is 18.6 Å². The van der Waals surface area contributed by atoms with E-state index in [0.29, 0.717) is 25.4 Å². The molecule has 0 saturated heterocycles. The minimum atomic E-state index is -0.266. The fourth-order valence-electron chi connectivity index (χ4n) is 2.89. The molecular formula is C22H32N4O3. The maximum Gasteiger partial charge on any atom is 0.245 e. The smallest absolute Gasteiger partial charge is 0.245 e. The number of carbonyl (C=O) groups excluding carboxylic acids is 2. The van der Waals surface area contributed by atoms with Crippen molar-refractivity contribution < 1.29 is 14.3 Å². The summed E-state index contributed by atoms with van der Waals surface area (Å²) in [5, 5.41) is 7.69. The second kappa shape index (κ2) is 9.69. The number of para-hydroxylation sites is 1. The van der Waals surface area contributed by atoms with Crippen LogP contribution in [0.4, 0.5) is 5.82 Å². The minimum absolute atomic E-state index is 0.0279. The molecule has 0 fully saturated rings. The number of hydrogen-bond donors (Lipinski definition) is 1. The Balaban J connectivity index is 2.31. The Morgan fingerprint density at radius 3 is 2.52 bits per heavy atom. The Labute approximate surface area is 173 Å². The highest BCUT2D eigenvalue weighted by Gasteiger charge is 2.23. The lowest BCUT2D eigenvalue weighted by atomic mass is 9.92. The van der Waals surface area contributed by atoms with Crippen molar-refractivity contribution in [3.63, 3.8) is 0 Å². The molecule has 0 saturated carbocycles.